The number of nitrogens with one attached hydrogen (secondary N) is 2. The molecule has 3 rings (SSSR count). The van der Waals surface area contributed by atoms with E-state index in [2.05, 4.69) is 44.9 Å². The number of nitrogens with zero attached hydrogens (tertiary/aromatic N) is 4. The number of aryl methyl sites for hydroxylation is 1. The molecule has 2 aromatic carbocycles. The molecule has 1 aromatic heterocycles. The van der Waals surface area contributed by atoms with Crippen LogP contribution in [0.15, 0.2) is 59.6 Å². The number of hydrogen-bond donors (Lipinski definition) is 2. The molecule has 1 atom stereocenters. The lowest BCUT2D eigenvalue weighted by molar-refractivity contribution is 0.322. The molecule has 0 spiro atoms. The highest BCUT2D eigenvalue weighted by Gasteiger charge is 2.10. The van der Waals surface area contributed by atoms with Gasteiger partial charge in [0.2, 0.25) is 0 Å². The molecule has 2 N–H and O–H groups in total. The van der Waals surface area contributed by atoms with Gasteiger partial charge in [-0.3, -0.25) is 0 Å². The van der Waals surface area contributed by atoms with Gasteiger partial charge in [0.25, 0.3) is 0 Å². The Hall–Kier alpha value is -3.06. The van der Waals surface area contributed by atoms with Crippen molar-refractivity contribution in [3.8, 4) is 5.75 Å². The Balaban J connectivity index is 1.63. The number of aromatic nitrogens is 3. The average Bonchev–Trinajstić information content (AvgIpc) is 3.08. The van der Waals surface area contributed by atoms with E-state index in [4.69, 9.17) is 16.3 Å². The first-order valence-corrected chi connectivity index (χ1v) is 10.2. The van der Waals surface area contributed by atoms with Crippen LogP contribution >= 0.6 is 11.6 Å². The molecule has 0 fully saturated rings. The quantitative estimate of drug-likeness (QED) is 0.326. The van der Waals surface area contributed by atoms with Crippen LogP contribution < -0.4 is 15.4 Å². The molecule has 158 valence electrons. The molecule has 0 radical (unpaired) electrons. The number of rotatable bonds is 8. The van der Waals surface area contributed by atoms with E-state index in [0.717, 1.165) is 11.6 Å². The monoisotopic (exact) mass is 426 g/mol. The summed E-state index contributed by atoms with van der Waals surface area (Å²) in [6.07, 6.45) is 0. The lowest BCUT2D eigenvalue weighted by Gasteiger charge is -2.19. The molecule has 8 heteroatoms. The van der Waals surface area contributed by atoms with Crippen LogP contribution in [0.2, 0.25) is 5.02 Å². The molecular formula is C22H27ClN6O. The number of halogens is 1. The minimum atomic E-state index is 0.0863. The zero-order valence-corrected chi connectivity index (χ0v) is 18.2. The summed E-state index contributed by atoms with van der Waals surface area (Å²) in [5.41, 5.74) is 1.17. The first-order chi connectivity index (χ1) is 14.5. The first kappa shape index (κ1) is 21.6. The Bertz CT molecular complexity index is 973. The molecule has 30 heavy (non-hydrogen) atoms. The van der Waals surface area contributed by atoms with Crippen LogP contribution in [0.4, 0.5) is 0 Å². The molecule has 3 aromatic rings. The fourth-order valence-corrected chi connectivity index (χ4v) is 3.00. The van der Waals surface area contributed by atoms with Crippen molar-refractivity contribution < 1.29 is 4.74 Å². The van der Waals surface area contributed by atoms with Gasteiger partial charge in [0.05, 0.1) is 17.6 Å². The molecule has 0 saturated heterocycles. The third-order valence-electron chi connectivity index (χ3n) is 4.70. The van der Waals surface area contributed by atoms with Gasteiger partial charge in [0.15, 0.2) is 11.8 Å². The Morgan fingerprint density at radius 1 is 1.13 bits per heavy atom. The summed E-state index contributed by atoms with van der Waals surface area (Å²) in [6, 6.07) is 17.7. The minimum Gasteiger partial charge on any atom is -0.490 e. The lowest BCUT2D eigenvalue weighted by Crippen LogP contribution is -2.40. The molecule has 0 aliphatic heterocycles. The predicted octanol–water partition coefficient (Wildman–Crippen LogP) is 3.65. The number of benzene rings is 2. The number of hydrogen-bond acceptors (Lipinski definition) is 4. The lowest BCUT2D eigenvalue weighted by atomic mass is 10.1. The van der Waals surface area contributed by atoms with Crippen LogP contribution in [0.3, 0.4) is 0 Å². The smallest absolute Gasteiger partial charge is 0.192 e. The van der Waals surface area contributed by atoms with Crippen LogP contribution in [0.1, 0.15) is 30.2 Å². The average molecular weight is 427 g/mol. The normalized spacial score (nSPS) is 12.5. The van der Waals surface area contributed by atoms with Crippen molar-refractivity contribution in [2.24, 2.45) is 12.0 Å². The van der Waals surface area contributed by atoms with Crippen LogP contribution in [0.5, 0.6) is 5.75 Å². The van der Waals surface area contributed by atoms with Crippen molar-refractivity contribution in [2.45, 2.75) is 26.4 Å². The molecule has 0 amide bonds. The van der Waals surface area contributed by atoms with Crippen molar-refractivity contribution >= 4 is 17.6 Å². The molecule has 7 nitrogen and oxygen atoms in total. The maximum Gasteiger partial charge on any atom is 0.192 e. The van der Waals surface area contributed by atoms with Crippen molar-refractivity contribution in [3.05, 3.63) is 76.8 Å². The summed E-state index contributed by atoms with van der Waals surface area (Å²) < 4.78 is 7.69. The molecule has 0 bridgehead atoms. The fraction of sp³-hybridized carbons (Fsp3) is 0.318. The van der Waals surface area contributed by atoms with Crippen molar-refractivity contribution in [3.63, 3.8) is 0 Å². The number of aliphatic imine (C=N–C) groups is 1. The number of guanidine groups is 1. The third-order valence-corrected chi connectivity index (χ3v) is 5.02. The van der Waals surface area contributed by atoms with E-state index in [0.29, 0.717) is 36.4 Å². The second-order valence-electron chi connectivity index (χ2n) is 6.87. The number of para-hydroxylation sites is 1. The molecule has 1 heterocycles. The van der Waals surface area contributed by atoms with Gasteiger partial charge in [0.1, 0.15) is 24.7 Å². The molecule has 0 aliphatic carbocycles. The molecular weight excluding hydrogens is 400 g/mol. The summed E-state index contributed by atoms with van der Waals surface area (Å²) >= 11 is 6.14. The summed E-state index contributed by atoms with van der Waals surface area (Å²) in [7, 11) is 1.94. The molecule has 0 saturated carbocycles. The summed E-state index contributed by atoms with van der Waals surface area (Å²) in [5.74, 6) is 3.00. The SMILES string of the molecule is Cc1nnc(CN=C(NCCOc2ccccc2Cl)NC(C)c2ccccc2)n1C. The highest BCUT2D eigenvalue weighted by molar-refractivity contribution is 6.32. The summed E-state index contributed by atoms with van der Waals surface area (Å²) in [4.78, 5) is 4.69. The van der Waals surface area contributed by atoms with E-state index < -0.39 is 0 Å². The zero-order valence-electron chi connectivity index (χ0n) is 17.5. The van der Waals surface area contributed by atoms with Crippen LogP contribution in [-0.2, 0) is 13.6 Å². The second-order valence-corrected chi connectivity index (χ2v) is 7.28. The van der Waals surface area contributed by atoms with Gasteiger partial charge in [-0.1, -0.05) is 54.1 Å². The maximum absolute atomic E-state index is 6.14. The topological polar surface area (TPSA) is 76.4 Å². The van der Waals surface area contributed by atoms with E-state index >= 15 is 0 Å². The third kappa shape index (κ3) is 5.97. The van der Waals surface area contributed by atoms with Crippen molar-refractivity contribution in [1.29, 1.82) is 0 Å². The zero-order chi connectivity index (χ0) is 21.3. The highest BCUT2D eigenvalue weighted by Crippen LogP contribution is 2.22. The van der Waals surface area contributed by atoms with Gasteiger partial charge in [-0.25, -0.2) is 4.99 Å². The van der Waals surface area contributed by atoms with Crippen molar-refractivity contribution in [2.75, 3.05) is 13.2 Å². The van der Waals surface area contributed by atoms with Gasteiger partial charge in [0, 0.05) is 7.05 Å². The Morgan fingerprint density at radius 2 is 1.87 bits per heavy atom. The number of ether oxygens (including phenoxy) is 1. The van der Waals surface area contributed by atoms with E-state index in [1.807, 2.05) is 61.0 Å². The van der Waals surface area contributed by atoms with E-state index in [-0.39, 0.29) is 6.04 Å². The van der Waals surface area contributed by atoms with E-state index in [1.165, 1.54) is 5.56 Å². The van der Waals surface area contributed by atoms with E-state index in [1.54, 1.807) is 0 Å². The van der Waals surface area contributed by atoms with Gasteiger partial charge in [-0.15, -0.1) is 10.2 Å². The maximum atomic E-state index is 6.14. The van der Waals surface area contributed by atoms with Gasteiger partial charge in [-0.05, 0) is 31.5 Å². The van der Waals surface area contributed by atoms with Crippen LogP contribution in [0.25, 0.3) is 0 Å². The molecule has 0 aliphatic rings. The standard InChI is InChI=1S/C22H27ClN6O/c1-16(18-9-5-4-6-10-18)26-22(25-15-21-28-27-17(2)29(21)3)24-13-14-30-20-12-8-7-11-19(20)23/h4-12,16H,13-15H2,1-3H3,(H2,24,25,26). The van der Waals surface area contributed by atoms with Crippen LogP contribution in [0, 0.1) is 6.92 Å². The predicted molar refractivity (Wildman–Crippen MR) is 120 cm³/mol. The summed E-state index contributed by atoms with van der Waals surface area (Å²) in [5, 5.41) is 15.6. The van der Waals surface area contributed by atoms with Gasteiger partial charge in [-0.2, -0.15) is 0 Å². The molecule has 1 unspecified atom stereocenters. The van der Waals surface area contributed by atoms with Gasteiger partial charge >= 0.3 is 0 Å². The Morgan fingerprint density at radius 3 is 2.57 bits per heavy atom. The first-order valence-electron chi connectivity index (χ1n) is 9.86. The minimum absolute atomic E-state index is 0.0863. The second kappa shape index (κ2) is 10.6. The Kier molecular flexibility index (Phi) is 7.68. The fourth-order valence-electron chi connectivity index (χ4n) is 2.81. The van der Waals surface area contributed by atoms with Gasteiger partial charge < -0.3 is 19.9 Å². The van der Waals surface area contributed by atoms with Crippen LogP contribution in [-0.4, -0.2) is 33.9 Å². The largest absolute Gasteiger partial charge is 0.490 e. The Labute approximate surface area is 182 Å². The van der Waals surface area contributed by atoms with Crippen molar-refractivity contribution in [1.82, 2.24) is 25.4 Å². The summed E-state index contributed by atoms with van der Waals surface area (Å²) in [6.45, 7) is 5.45. The van der Waals surface area contributed by atoms with E-state index in [9.17, 15) is 0 Å². The highest BCUT2D eigenvalue weighted by atomic mass is 35.5.